The number of rotatable bonds is 5. The van der Waals surface area contributed by atoms with Crippen LogP contribution >= 0.6 is 11.3 Å². The Morgan fingerprint density at radius 2 is 2.22 bits per heavy atom. The second-order valence-corrected chi connectivity index (χ2v) is 7.72. The number of carbonyl (C=O) groups is 1. The van der Waals surface area contributed by atoms with Gasteiger partial charge < -0.3 is 14.6 Å². The number of aromatic nitrogens is 2. The van der Waals surface area contributed by atoms with Gasteiger partial charge in [-0.3, -0.25) is 9.69 Å². The number of pyridine rings is 1. The molecule has 142 valence electrons. The molecule has 1 amide bonds. The molecule has 1 fully saturated rings. The fraction of sp³-hybridized carbons (Fsp3) is 0.421. The van der Waals surface area contributed by atoms with Crippen molar-refractivity contribution < 1.29 is 14.1 Å². The van der Waals surface area contributed by atoms with Crippen LogP contribution in [0.4, 0.5) is 0 Å². The van der Waals surface area contributed by atoms with Crippen LogP contribution in [0.1, 0.15) is 23.0 Å². The Morgan fingerprint density at radius 1 is 1.41 bits per heavy atom. The molecule has 1 atom stereocenters. The third kappa shape index (κ3) is 3.87. The second-order valence-electron chi connectivity index (χ2n) is 6.77. The first-order valence-electron chi connectivity index (χ1n) is 9.03. The van der Waals surface area contributed by atoms with Crippen molar-refractivity contribution in [2.24, 2.45) is 0 Å². The molecule has 4 rings (SSSR count). The smallest absolute Gasteiger partial charge is 0.259 e. The third-order valence-corrected chi connectivity index (χ3v) is 5.54. The fourth-order valence-electron chi connectivity index (χ4n) is 3.34. The minimum absolute atomic E-state index is 0.0177. The first-order valence-corrected chi connectivity index (χ1v) is 9.91. The zero-order valence-electron chi connectivity index (χ0n) is 15.4. The summed E-state index contributed by atoms with van der Waals surface area (Å²) in [4.78, 5) is 20.9. The van der Waals surface area contributed by atoms with Crippen molar-refractivity contribution in [3.63, 3.8) is 0 Å². The predicted octanol–water partition coefficient (Wildman–Crippen LogP) is 2.71. The highest BCUT2D eigenvalue weighted by Crippen LogP contribution is 2.29. The number of aryl methyl sites for hydroxylation is 1. The molecule has 7 nitrogen and oxygen atoms in total. The maximum Gasteiger partial charge on any atom is 0.259 e. The standard InChI is InChI=1S/C19H22N4O3S/c1-12(11-23-5-7-25-8-6-23)20-18(24)14-10-15(16-4-3-9-27-16)21-19-17(14)13(2)22-26-19/h3-4,9-10,12H,5-8,11H2,1-2H3,(H,20,24)/t12-/m1/s1. The highest BCUT2D eigenvalue weighted by Gasteiger charge is 2.22. The molecule has 0 saturated carbocycles. The molecule has 8 heteroatoms. The van der Waals surface area contributed by atoms with Crippen LogP contribution in [0.25, 0.3) is 21.7 Å². The van der Waals surface area contributed by atoms with E-state index in [4.69, 9.17) is 9.26 Å². The molecule has 27 heavy (non-hydrogen) atoms. The number of hydrogen-bond donors (Lipinski definition) is 1. The Bertz CT molecular complexity index is 932. The lowest BCUT2D eigenvalue weighted by atomic mass is 10.1. The Balaban J connectivity index is 1.59. The van der Waals surface area contributed by atoms with Crippen LogP contribution in [-0.2, 0) is 4.74 Å². The van der Waals surface area contributed by atoms with Crippen molar-refractivity contribution in [2.45, 2.75) is 19.9 Å². The van der Waals surface area contributed by atoms with Gasteiger partial charge in [-0.2, -0.15) is 0 Å². The molecule has 3 aromatic heterocycles. The number of nitrogens with zero attached hydrogens (tertiary/aromatic N) is 3. The van der Waals surface area contributed by atoms with Crippen LogP contribution in [-0.4, -0.2) is 59.8 Å². The van der Waals surface area contributed by atoms with Crippen molar-refractivity contribution in [2.75, 3.05) is 32.8 Å². The number of morpholine rings is 1. The van der Waals surface area contributed by atoms with E-state index in [-0.39, 0.29) is 11.9 Å². The Labute approximate surface area is 161 Å². The van der Waals surface area contributed by atoms with Gasteiger partial charge in [0.1, 0.15) is 0 Å². The topological polar surface area (TPSA) is 80.5 Å². The number of amides is 1. The summed E-state index contributed by atoms with van der Waals surface area (Å²) in [6.07, 6.45) is 0. The van der Waals surface area contributed by atoms with Gasteiger partial charge in [-0.25, -0.2) is 4.98 Å². The molecule has 0 aliphatic carbocycles. The molecule has 0 bridgehead atoms. The molecule has 3 aromatic rings. The van der Waals surface area contributed by atoms with Crippen LogP contribution < -0.4 is 5.32 Å². The van der Waals surface area contributed by atoms with Crippen molar-refractivity contribution in [3.05, 3.63) is 34.8 Å². The Kier molecular flexibility index (Phi) is 5.20. The second kappa shape index (κ2) is 7.75. The van der Waals surface area contributed by atoms with Crippen molar-refractivity contribution >= 4 is 28.3 Å². The molecule has 1 N–H and O–H groups in total. The van der Waals surface area contributed by atoms with Gasteiger partial charge in [-0.05, 0) is 31.4 Å². The third-order valence-electron chi connectivity index (χ3n) is 4.65. The van der Waals surface area contributed by atoms with Crippen molar-refractivity contribution in [1.82, 2.24) is 20.4 Å². The minimum atomic E-state index is -0.132. The van der Waals surface area contributed by atoms with Gasteiger partial charge in [0.25, 0.3) is 11.6 Å². The van der Waals surface area contributed by atoms with Gasteiger partial charge in [0.2, 0.25) is 0 Å². The summed E-state index contributed by atoms with van der Waals surface area (Å²) in [7, 11) is 0. The first-order chi connectivity index (χ1) is 13.1. The Hall–Kier alpha value is -2.29. The van der Waals surface area contributed by atoms with Gasteiger partial charge in [-0.15, -0.1) is 11.3 Å². The average Bonchev–Trinajstić information content (AvgIpc) is 3.32. The summed E-state index contributed by atoms with van der Waals surface area (Å²) in [5, 5.41) is 9.76. The molecular weight excluding hydrogens is 364 g/mol. The number of fused-ring (bicyclic) bond motifs is 1. The highest BCUT2D eigenvalue weighted by atomic mass is 32.1. The van der Waals surface area contributed by atoms with Crippen LogP contribution in [0, 0.1) is 6.92 Å². The molecule has 1 aliphatic rings. The predicted molar refractivity (Wildman–Crippen MR) is 104 cm³/mol. The molecule has 1 saturated heterocycles. The fourth-order valence-corrected chi connectivity index (χ4v) is 4.03. The number of ether oxygens (including phenoxy) is 1. The monoisotopic (exact) mass is 386 g/mol. The summed E-state index contributed by atoms with van der Waals surface area (Å²) in [6, 6.07) is 5.78. The summed E-state index contributed by atoms with van der Waals surface area (Å²) >= 11 is 1.57. The van der Waals surface area contributed by atoms with E-state index in [1.54, 1.807) is 11.3 Å². The van der Waals surface area contributed by atoms with Crippen LogP contribution in [0.2, 0.25) is 0 Å². The molecule has 0 spiro atoms. The number of nitrogens with one attached hydrogen (secondary N) is 1. The lowest BCUT2D eigenvalue weighted by Crippen LogP contribution is -2.46. The first kappa shape index (κ1) is 18.1. The number of hydrogen-bond acceptors (Lipinski definition) is 7. The quantitative estimate of drug-likeness (QED) is 0.726. The Morgan fingerprint density at radius 3 is 2.96 bits per heavy atom. The molecule has 1 aliphatic heterocycles. The van der Waals surface area contributed by atoms with Gasteiger partial charge >= 0.3 is 0 Å². The minimum Gasteiger partial charge on any atom is -0.379 e. The van der Waals surface area contributed by atoms with E-state index in [1.165, 1.54) is 0 Å². The normalized spacial score (nSPS) is 16.5. The average molecular weight is 386 g/mol. The maximum atomic E-state index is 13.0. The molecule has 0 aromatic carbocycles. The van der Waals surface area contributed by atoms with Crippen LogP contribution in [0.5, 0.6) is 0 Å². The lowest BCUT2D eigenvalue weighted by molar-refractivity contribution is 0.0342. The van der Waals surface area contributed by atoms with E-state index in [2.05, 4.69) is 20.4 Å². The highest BCUT2D eigenvalue weighted by molar-refractivity contribution is 7.13. The maximum absolute atomic E-state index is 13.0. The summed E-state index contributed by atoms with van der Waals surface area (Å²) in [5.74, 6) is -0.132. The van der Waals surface area contributed by atoms with Gasteiger partial charge in [0.05, 0.1) is 40.4 Å². The van der Waals surface area contributed by atoms with Gasteiger partial charge in [0, 0.05) is 25.7 Å². The molecule has 0 unspecified atom stereocenters. The van der Waals surface area contributed by atoms with E-state index >= 15 is 0 Å². The van der Waals surface area contributed by atoms with E-state index in [1.807, 2.05) is 37.4 Å². The van der Waals surface area contributed by atoms with E-state index in [0.29, 0.717) is 22.4 Å². The lowest BCUT2D eigenvalue weighted by Gasteiger charge is -2.29. The summed E-state index contributed by atoms with van der Waals surface area (Å²) in [6.45, 7) is 7.92. The van der Waals surface area contributed by atoms with Crippen LogP contribution in [0.3, 0.4) is 0 Å². The van der Waals surface area contributed by atoms with E-state index in [9.17, 15) is 4.79 Å². The SMILES string of the molecule is Cc1noc2nc(-c3cccs3)cc(C(=O)N[C@H](C)CN3CCOCC3)c12. The summed E-state index contributed by atoms with van der Waals surface area (Å²) in [5.41, 5.74) is 2.33. The van der Waals surface area contributed by atoms with Crippen molar-refractivity contribution in [3.8, 4) is 10.6 Å². The van der Waals surface area contributed by atoms with E-state index < -0.39 is 0 Å². The number of carbonyl (C=O) groups excluding carboxylic acids is 1. The van der Waals surface area contributed by atoms with Crippen molar-refractivity contribution in [1.29, 1.82) is 0 Å². The van der Waals surface area contributed by atoms with E-state index in [0.717, 1.165) is 43.4 Å². The zero-order valence-corrected chi connectivity index (χ0v) is 16.2. The van der Waals surface area contributed by atoms with Gasteiger partial charge in [0.15, 0.2) is 0 Å². The number of thiophene rings is 1. The molecule has 0 radical (unpaired) electrons. The largest absolute Gasteiger partial charge is 0.379 e. The molecule has 4 heterocycles. The zero-order chi connectivity index (χ0) is 18.8. The summed E-state index contributed by atoms with van der Waals surface area (Å²) < 4.78 is 10.7. The van der Waals surface area contributed by atoms with Crippen LogP contribution in [0.15, 0.2) is 28.1 Å². The van der Waals surface area contributed by atoms with Gasteiger partial charge in [-0.1, -0.05) is 11.2 Å². The molecular formula is C19H22N4O3S.